The summed E-state index contributed by atoms with van der Waals surface area (Å²) in [6.45, 7) is 0.740. The molecule has 2 heterocycles. The molecule has 88 valence electrons. The Kier molecular flexibility index (Phi) is 1.88. The maximum Gasteiger partial charge on any atom is 0.200 e. The number of hydrogen-bond acceptors (Lipinski definition) is 3. The molecular weight excluding hydrogens is 228 g/mol. The number of benzene rings is 2. The molecule has 1 aliphatic rings. The Labute approximate surface area is 103 Å². The molecule has 0 bridgehead atoms. The molecule has 1 saturated heterocycles. The van der Waals surface area contributed by atoms with Gasteiger partial charge in [0, 0.05) is 0 Å². The van der Waals surface area contributed by atoms with Crippen LogP contribution < -0.4 is 5.43 Å². The lowest BCUT2D eigenvalue weighted by Gasteiger charge is -2.02. The molecule has 18 heavy (non-hydrogen) atoms. The molecule has 3 aromatic rings. The summed E-state index contributed by atoms with van der Waals surface area (Å²) in [4.78, 5) is 12.4. The molecule has 0 radical (unpaired) electrons. The zero-order valence-electron chi connectivity index (χ0n) is 9.55. The van der Waals surface area contributed by atoms with Crippen molar-refractivity contribution in [2.75, 3.05) is 6.61 Å². The van der Waals surface area contributed by atoms with Crippen molar-refractivity contribution in [3.05, 3.63) is 58.3 Å². The van der Waals surface area contributed by atoms with E-state index in [9.17, 15) is 4.79 Å². The van der Waals surface area contributed by atoms with Crippen molar-refractivity contribution < 1.29 is 9.15 Å². The lowest BCUT2D eigenvalue weighted by Crippen LogP contribution is -2.02. The fourth-order valence-electron chi connectivity index (χ4n) is 2.26. The molecule has 0 spiro atoms. The van der Waals surface area contributed by atoms with E-state index in [0.717, 1.165) is 12.2 Å². The van der Waals surface area contributed by atoms with E-state index in [-0.39, 0.29) is 11.5 Å². The highest BCUT2D eigenvalue weighted by Gasteiger charge is 2.25. The standard InChI is InChI=1S/C15H10O3/c16-15-10-3-1-2-4-12(10)18-13-6-5-9(7-11(13)15)14-8-17-14/h1-7,14H,8H2. The van der Waals surface area contributed by atoms with Gasteiger partial charge in [0.05, 0.1) is 17.4 Å². The van der Waals surface area contributed by atoms with E-state index in [0.29, 0.717) is 21.9 Å². The van der Waals surface area contributed by atoms with Gasteiger partial charge in [-0.15, -0.1) is 0 Å². The van der Waals surface area contributed by atoms with Crippen molar-refractivity contribution in [2.24, 2.45) is 0 Å². The zero-order valence-corrected chi connectivity index (χ0v) is 9.55. The number of ether oxygens (including phenoxy) is 1. The molecule has 0 amide bonds. The number of para-hydroxylation sites is 1. The predicted molar refractivity (Wildman–Crippen MR) is 68.7 cm³/mol. The third-order valence-electron chi connectivity index (χ3n) is 3.30. The van der Waals surface area contributed by atoms with Gasteiger partial charge in [-0.05, 0) is 29.8 Å². The Balaban J connectivity index is 2.13. The minimum atomic E-state index is 0.0225. The Bertz CT molecular complexity index is 813. The highest BCUT2D eigenvalue weighted by atomic mass is 16.6. The summed E-state index contributed by atoms with van der Waals surface area (Å²) in [5.41, 5.74) is 2.33. The molecule has 0 aliphatic carbocycles. The summed E-state index contributed by atoms with van der Waals surface area (Å²) in [5, 5.41) is 1.25. The van der Waals surface area contributed by atoms with Crippen molar-refractivity contribution in [1.29, 1.82) is 0 Å². The van der Waals surface area contributed by atoms with Crippen LogP contribution >= 0.6 is 0 Å². The number of epoxide rings is 1. The van der Waals surface area contributed by atoms with E-state index in [1.165, 1.54) is 0 Å². The van der Waals surface area contributed by atoms with Crippen molar-refractivity contribution >= 4 is 21.9 Å². The van der Waals surface area contributed by atoms with Gasteiger partial charge in [0.15, 0.2) is 0 Å². The normalized spacial score (nSPS) is 18.3. The molecule has 1 fully saturated rings. The summed E-state index contributed by atoms with van der Waals surface area (Å²) in [6, 6.07) is 13.0. The van der Waals surface area contributed by atoms with Crippen LogP contribution in [0.4, 0.5) is 0 Å². The quantitative estimate of drug-likeness (QED) is 0.483. The number of fused-ring (bicyclic) bond motifs is 2. The molecule has 0 saturated carbocycles. The van der Waals surface area contributed by atoms with Crippen molar-refractivity contribution in [1.82, 2.24) is 0 Å². The van der Waals surface area contributed by atoms with Gasteiger partial charge in [-0.1, -0.05) is 18.2 Å². The fourth-order valence-corrected chi connectivity index (χ4v) is 2.26. The van der Waals surface area contributed by atoms with E-state index >= 15 is 0 Å². The summed E-state index contributed by atoms with van der Waals surface area (Å²) in [7, 11) is 0. The summed E-state index contributed by atoms with van der Waals surface area (Å²) < 4.78 is 11.0. The molecular formula is C15H10O3. The molecule has 1 atom stereocenters. The maximum atomic E-state index is 12.4. The molecule has 1 aliphatic heterocycles. The lowest BCUT2D eigenvalue weighted by molar-refractivity contribution is 0.416. The van der Waals surface area contributed by atoms with E-state index in [2.05, 4.69) is 0 Å². The van der Waals surface area contributed by atoms with E-state index < -0.39 is 0 Å². The first-order valence-corrected chi connectivity index (χ1v) is 5.90. The van der Waals surface area contributed by atoms with Crippen LogP contribution in [0.1, 0.15) is 11.7 Å². The van der Waals surface area contributed by atoms with Gasteiger partial charge in [0.1, 0.15) is 17.3 Å². The van der Waals surface area contributed by atoms with Gasteiger partial charge in [-0.25, -0.2) is 0 Å². The van der Waals surface area contributed by atoms with Crippen LogP contribution in [0.25, 0.3) is 21.9 Å². The number of hydrogen-bond donors (Lipinski definition) is 0. The van der Waals surface area contributed by atoms with Gasteiger partial charge < -0.3 is 9.15 Å². The van der Waals surface area contributed by atoms with Gasteiger partial charge in [0.25, 0.3) is 0 Å². The highest BCUT2D eigenvalue weighted by Crippen LogP contribution is 2.31. The largest absolute Gasteiger partial charge is 0.456 e. The Hall–Kier alpha value is -2.13. The van der Waals surface area contributed by atoms with Crippen LogP contribution in [0.3, 0.4) is 0 Å². The summed E-state index contributed by atoms with van der Waals surface area (Å²) in [5.74, 6) is 0. The molecule has 1 unspecified atom stereocenters. The minimum absolute atomic E-state index is 0.0225. The van der Waals surface area contributed by atoms with Gasteiger partial charge in [-0.2, -0.15) is 0 Å². The summed E-state index contributed by atoms with van der Waals surface area (Å²) >= 11 is 0. The first-order chi connectivity index (χ1) is 8.83. The molecule has 2 aromatic carbocycles. The topological polar surface area (TPSA) is 42.7 Å². The van der Waals surface area contributed by atoms with Crippen molar-refractivity contribution in [3.63, 3.8) is 0 Å². The van der Waals surface area contributed by atoms with Crippen molar-refractivity contribution in [3.8, 4) is 0 Å². The minimum Gasteiger partial charge on any atom is -0.456 e. The zero-order chi connectivity index (χ0) is 12.1. The second kappa shape index (κ2) is 3.43. The Morgan fingerprint density at radius 2 is 1.78 bits per heavy atom. The summed E-state index contributed by atoms with van der Waals surface area (Å²) in [6.07, 6.45) is 0.153. The average Bonchev–Trinajstić information content (AvgIpc) is 3.23. The van der Waals surface area contributed by atoms with Gasteiger partial charge in [0.2, 0.25) is 5.43 Å². The monoisotopic (exact) mass is 238 g/mol. The SMILES string of the molecule is O=c1c2ccccc2oc2ccc(C3CO3)cc12. The smallest absolute Gasteiger partial charge is 0.200 e. The van der Waals surface area contributed by atoms with E-state index in [1.54, 1.807) is 6.07 Å². The van der Waals surface area contributed by atoms with Crippen LogP contribution in [-0.4, -0.2) is 6.61 Å². The van der Waals surface area contributed by atoms with Crippen LogP contribution in [0.5, 0.6) is 0 Å². The van der Waals surface area contributed by atoms with Crippen LogP contribution in [0, 0.1) is 0 Å². The van der Waals surface area contributed by atoms with Crippen LogP contribution in [-0.2, 0) is 4.74 Å². The average molecular weight is 238 g/mol. The van der Waals surface area contributed by atoms with E-state index in [1.807, 2.05) is 36.4 Å². The fraction of sp³-hybridized carbons (Fsp3) is 0.133. The van der Waals surface area contributed by atoms with E-state index in [4.69, 9.17) is 9.15 Å². The van der Waals surface area contributed by atoms with Crippen LogP contribution in [0.2, 0.25) is 0 Å². The van der Waals surface area contributed by atoms with Crippen LogP contribution in [0.15, 0.2) is 51.7 Å². The van der Waals surface area contributed by atoms with Gasteiger partial charge >= 0.3 is 0 Å². The first kappa shape index (κ1) is 9.85. The maximum absolute atomic E-state index is 12.4. The third-order valence-corrected chi connectivity index (χ3v) is 3.30. The third kappa shape index (κ3) is 1.38. The molecule has 3 heteroatoms. The van der Waals surface area contributed by atoms with Gasteiger partial charge in [-0.3, -0.25) is 4.79 Å². The lowest BCUT2D eigenvalue weighted by atomic mass is 10.1. The first-order valence-electron chi connectivity index (χ1n) is 5.90. The second-order valence-electron chi connectivity index (χ2n) is 4.50. The molecule has 0 N–H and O–H groups in total. The predicted octanol–water partition coefficient (Wildman–Crippen LogP) is 3.02. The molecule has 3 nitrogen and oxygen atoms in total. The number of rotatable bonds is 1. The highest BCUT2D eigenvalue weighted by molar-refractivity contribution is 5.89. The Morgan fingerprint density at radius 1 is 1.00 bits per heavy atom. The van der Waals surface area contributed by atoms with Crippen molar-refractivity contribution in [2.45, 2.75) is 6.10 Å². The molecule has 1 aromatic heterocycles. The Morgan fingerprint density at radius 3 is 2.61 bits per heavy atom. The second-order valence-corrected chi connectivity index (χ2v) is 4.50. The molecule has 4 rings (SSSR count).